The summed E-state index contributed by atoms with van der Waals surface area (Å²) in [5, 5.41) is 16.9. The van der Waals surface area contributed by atoms with Gasteiger partial charge in [-0.25, -0.2) is 0 Å². The molecular formula is C61H50N4. The van der Waals surface area contributed by atoms with Crippen LogP contribution in [-0.2, 0) is 0 Å². The molecule has 1 aliphatic rings. The largest absolute Gasteiger partial charge is 0.328 e. The Morgan fingerprint density at radius 2 is 0.923 bits per heavy atom. The molecule has 0 bridgehead atoms. The van der Waals surface area contributed by atoms with Crippen molar-refractivity contribution in [2.75, 3.05) is 4.90 Å². The molecule has 0 saturated heterocycles. The molecular weight excluding hydrogens is 789 g/mol. The average molecular weight is 839 g/mol. The van der Waals surface area contributed by atoms with Crippen molar-refractivity contribution in [3.05, 3.63) is 215 Å². The van der Waals surface area contributed by atoms with Crippen LogP contribution >= 0.6 is 0 Å². The zero-order chi connectivity index (χ0) is 44.6. The van der Waals surface area contributed by atoms with Crippen molar-refractivity contribution >= 4 is 55.0 Å². The molecule has 2 aromatic heterocycles. The smallest absolute Gasteiger partial charge is 0.101 e. The minimum absolute atomic E-state index is 0.557. The number of nitrogens with zero attached hydrogens (tertiary/aromatic N) is 4. The molecule has 314 valence electrons. The maximum atomic E-state index is 12.2. The predicted octanol–water partition coefficient (Wildman–Crippen LogP) is 16.0. The van der Waals surface area contributed by atoms with E-state index in [0.717, 1.165) is 79.1 Å². The molecule has 0 fully saturated rings. The summed E-state index contributed by atoms with van der Waals surface area (Å²) in [5.41, 5.74) is 18.1. The van der Waals surface area contributed by atoms with Gasteiger partial charge >= 0.3 is 0 Å². The number of benzene rings is 8. The highest BCUT2D eigenvalue weighted by atomic mass is 15.2. The number of aromatic nitrogens is 2. The maximum Gasteiger partial charge on any atom is 0.101 e. The summed E-state index contributed by atoms with van der Waals surface area (Å²) in [6, 6.07) is 60.3. The van der Waals surface area contributed by atoms with Crippen LogP contribution in [0.15, 0.2) is 182 Å². The number of allylic oxidation sites excluding steroid dienone is 2. The summed E-state index contributed by atoms with van der Waals surface area (Å²) in [7, 11) is 0. The minimum atomic E-state index is -0.557. The first-order chi connectivity index (χ1) is 31.6. The zero-order valence-electron chi connectivity index (χ0n) is 37.8. The molecule has 0 N–H and O–H groups in total. The molecule has 0 amide bonds. The van der Waals surface area contributed by atoms with E-state index >= 15 is 0 Å². The highest BCUT2D eigenvalue weighted by Crippen LogP contribution is 2.56. The van der Waals surface area contributed by atoms with Crippen molar-refractivity contribution in [2.45, 2.75) is 53.5 Å². The monoisotopic (exact) mass is 838 g/mol. The second-order valence-electron chi connectivity index (χ2n) is 18.2. The van der Waals surface area contributed by atoms with Crippen LogP contribution in [-0.4, -0.2) is 14.7 Å². The van der Waals surface area contributed by atoms with Crippen molar-refractivity contribution in [3.8, 4) is 39.7 Å². The fourth-order valence-corrected chi connectivity index (χ4v) is 10.6. The van der Waals surface area contributed by atoms with Gasteiger partial charge in [0.2, 0.25) is 0 Å². The summed E-state index contributed by atoms with van der Waals surface area (Å²) in [6.07, 6.45) is 9.79. The van der Waals surface area contributed by atoms with Gasteiger partial charge in [0, 0.05) is 38.4 Å². The number of para-hydroxylation sites is 1. The Kier molecular flexibility index (Phi) is 9.48. The first kappa shape index (κ1) is 39.9. The van der Waals surface area contributed by atoms with Gasteiger partial charge in [0.1, 0.15) is 6.07 Å². The molecule has 1 unspecified atom stereocenters. The van der Waals surface area contributed by atoms with E-state index in [4.69, 9.17) is 0 Å². The molecule has 0 radical (unpaired) electrons. The molecule has 2 heterocycles. The quantitative estimate of drug-likeness (QED) is 0.160. The van der Waals surface area contributed by atoms with Crippen molar-refractivity contribution in [1.29, 1.82) is 5.26 Å². The number of nitriles is 1. The van der Waals surface area contributed by atoms with Crippen molar-refractivity contribution in [3.63, 3.8) is 0 Å². The summed E-state index contributed by atoms with van der Waals surface area (Å²) in [5.74, 6) is 0. The Bertz CT molecular complexity index is 3340. The van der Waals surface area contributed by atoms with Crippen LogP contribution in [0.25, 0.3) is 77.2 Å². The normalized spacial score (nSPS) is 14.8. The molecule has 4 heteroatoms. The molecule has 65 heavy (non-hydrogen) atoms. The van der Waals surface area contributed by atoms with Gasteiger partial charge in [0.25, 0.3) is 0 Å². The van der Waals surface area contributed by atoms with Gasteiger partial charge < -0.3 is 14.0 Å². The Morgan fingerprint density at radius 3 is 1.31 bits per heavy atom. The number of hydrogen-bond donors (Lipinski definition) is 0. The summed E-state index contributed by atoms with van der Waals surface area (Å²) in [6.45, 7) is 13.3. The lowest BCUT2D eigenvalue weighted by molar-refractivity contribution is 0.568. The standard InChI is InChI=1S/C61H50N4/c1-39-24-28-52-46(34-39)47-35-40(2)25-29-53(47)63(52)58-56(44-19-10-7-11-20-44)50(38-62)57(45-21-12-8-13-22-45)59(64-54-30-26-41(3)36-48(54)49-37-42(4)27-31-55(49)64)60(58)65(51-23-15-14-18-43(51)5)61(6)32-16-9-17-33-61/h7-32,34-37H,33H2,1-6H3. The third-order valence-electron chi connectivity index (χ3n) is 13.6. The number of aryl methyl sites for hydroxylation is 5. The second kappa shape index (κ2) is 15.4. The summed E-state index contributed by atoms with van der Waals surface area (Å²) in [4.78, 5) is 2.62. The minimum Gasteiger partial charge on any atom is -0.328 e. The van der Waals surface area contributed by atoms with Crippen molar-refractivity contribution < 1.29 is 0 Å². The fourth-order valence-electron chi connectivity index (χ4n) is 10.6. The van der Waals surface area contributed by atoms with Gasteiger partial charge in [-0.05, 0) is 119 Å². The number of rotatable bonds is 7. The van der Waals surface area contributed by atoms with Crippen LogP contribution in [0.3, 0.4) is 0 Å². The van der Waals surface area contributed by atoms with Crippen LogP contribution in [0.4, 0.5) is 11.4 Å². The SMILES string of the molecule is Cc1ccc2c(c1)c1cc(C)ccc1n2-c1c(-c2ccccc2)c(C#N)c(-c2ccccc2)c(-n2c3ccc(C)cc3c3cc(C)ccc32)c1N(c1ccccc1C)C1(C)C=CC=CC1. The zero-order valence-corrected chi connectivity index (χ0v) is 37.8. The maximum absolute atomic E-state index is 12.2. The third-order valence-corrected chi connectivity index (χ3v) is 13.6. The molecule has 1 atom stereocenters. The Labute approximate surface area is 381 Å². The Morgan fingerprint density at radius 1 is 0.508 bits per heavy atom. The van der Waals surface area contributed by atoms with E-state index in [1.165, 1.54) is 43.8 Å². The lowest BCUT2D eigenvalue weighted by Gasteiger charge is -2.45. The van der Waals surface area contributed by atoms with Gasteiger partial charge in [0.05, 0.1) is 50.2 Å². The molecule has 0 spiro atoms. The summed E-state index contributed by atoms with van der Waals surface area (Å²) >= 11 is 0. The van der Waals surface area contributed by atoms with Crippen LogP contribution in [0.1, 0.15) is 46.7 Å². The summed E-state index contributed by atoms with van der Waals surface area (Å²) < 4.78 is 4.97. The topological polar surface area (TPSA) is 36.9 Å². The molecule has 1 aliphatic carbocycles. The first-order valence-corrected chi connectivity index (χ1v) is 22.6. The predicted molar refractivity (Wildman–Crippen MR) is 274 cm³/mol. The van der Waals surface area contributed by atoms with E-state index in [1.54, 1.807) is 0 Å². The lowest BCUT2D eigenvalue weighted by atomic mass is 9.84. The van der Waals surface area contributed by atoms with Gasteiger partial charge in [-0.3, -0.25) is 0 Å². The van der Waals surface area contributed by atoms with Gasteiger partial charge in [-0.15, -0.1) is 0 Å². The average Bonchev–Trinajstić information content (AvgIpc) is 3.80. The lowest BCUT2D eigenvalue weighted by Crippen LogP contribution is -2.43. The van der Waals surface area contributed by atoms with Gasteiger partial charge in [-0.1, -0.05) is 150 Å². The van der Waals surface area contributed by atoms with Gasteiger partial charge in [0.15, 0.2) is 0 Å². The van der Waals surface area contributed by atoms with Crippen molar-refractivity contribution in [1.82, 2.24) is 9.13 Å². The van der Waals surface area contributed by atoms with E-state index in [2.05, 4.69) is 244 Å². The van der Waals surface area contributed by atoms with Crippen LogP contribution in [0, 0.1) is 45.9 Å². The molecule has 11 rings (SSSR count). The van der Waals surface area contributed by atoms with Crippen molar-refractivity contribution in [2.24, 2.45) is 0 Å². The van der Waals surface area contributed by atoms with E-state index in [1.807, 2.05) is 0 Å². The number of anilines is 2. The number of hydrogen-bond acceptors (Lipinski definition) is 2. The van der Waals surface area contributed by atoms with Crippen LogP contribution in [0.2, 0.25) is 0 Å². The molecule has 8 aromatic carbocycles. The molecule has 0 aliphatic heterocycles. The fraction of sp³-hybridized carbons (Fsp3) is 0.131. The van der Waals surface area contributed by atoms with Crippen LogP contribution in [0.5, 0.6) is 0 Å². The number of fused-ring (bicyclic) bond motifs is 6. The first-order valence-electron chi connectivity index (χ1n) is 22.6. The van der Waals surface area contributed by atoms with E-state index in [0.29, 0.717) is 5.56 Å². The van der Waals surface area contributed by atoms with Gasteiger partial charge in [-0.2, -0.15) is 5.26 Å². The second-order valence-corrected chi connectivity index (χ2v) is 18.2. The van der Waals surface area contributed by atoms with E-state index < -0.39 is 5.54 Å². The molecule has 4 nitrogen and oxygen atoms in total. The van der Waals surface area contributed by atoms with Crippen LogP contribution < -0.4 is 4.90 Å². The van der Waals surface area contributed by atoms with E-state index in [-0.39, 0.29) is 0 Å². The third kappa shape index (κ3) is 6.33. The van der Waals surface area contributed by atoms with E-state index in [9.17, 15) is 5.26 Å². The highest BCUT2D eigenvalue weighted by molar-refractivity contribution is 6.15. The molecule has 10 aromatic rings. The molecule has 0 saturated carbocycles. The Hall–Kier alpha value is -7.87. The highest BCUT2D eigenvalue weighted by Gasteiger charge is 2.40. The Balaban J connectivity index is 1.52.